The maximum absolute atomic E-state index is 15.7. The molecule has 0 saturated carbocycles. The van der Waals surface area contributed by atoms with Crippen LogP contribution in [0.4, 0.5) is 15.9 Å². The molecule has 0 aliphatic carbocycles. The maximum atomic E-state index is 15.7. The van der Waals surface area contributed by atoms with E-state index < -0.39 is 5.82 Å². The van der Waals surface area contributed by atoms with E-state index in [0.717, 1.165) is 18.4 Å². The number of halogens is 3. The number of likely N-dealkylation sites (tertiary alicyclic amines) is 1. The van der Waals surface area contributed by atoms with Gasteiger partial charge in [-0.05, 0) is 31.0 Å². The van der Waals surface area contributed by atoms with Crippen molar-refractivity contribution >= 4 is 46.5 Å². The molecule has 49 heavy (non-hydrogen) atoms. The number of amides is 2. The van der Waals surface area contributed by atoms with Crippen molar-refractivity contribution in [3.63, 3.8) is 0 Å². The molecular weight excluding hydrogens is 668 g/mol. The van der Waals surface area contributed by atoms with Crippen molar-refractivity contribution in [2.24, 2.45) is 0 Å². The number of nitrogens with zero attached hydrogens (tertiary/aromatic N) is 3. The second kappa shape index (κ2) is 13.9. The first kappa shape index (κ1) is 33.2. The highest BCUT2D eigenvalue weighted by Gasteiger charge is 2.47. The Bertz CT molecular complexity index is 1920. The van der Waals surface area contributed by atoms with Crippen LogP contribution in [0, 0.1) is 5.82 Å². The molecule has 3 fully saturated rings. The topological polar surface area (TPSA) is 121 Å². The van der Waals surface area contributed by atoms with Crippen molar-refractivity contribution in [2.75, 3.05) is 32.1 Å². The lowest BCUT2D eigenvalue weighted by molar-refractivity contribution is -0.121. The van der Waals surface area contributed by atoms with E-state index in [9.17, 15) is 9.59 Å². The quantitative estimate of drug-likeness (QED) is 0.154. The molecule has 4 N–H and O–H groups in total. The van der Waals surface area contributed by atoms with Gasteiger partial charge >= 0.3 is 0 Å². The van der Waals surface area contributed by atoms with Crippen molar-refractivity contribution in [1.82, 2.24) is 30.8 Å². The molecule has 0 unspecified atom stereocenters. The summed E-state index contributed by atoms with van der Waals surface area (Å²) in [4.78, 5) is 34.3. The first-order chi connectivity index (χ1) is 23.7. The summed E-state index contributed by atoms with van der Waals surface area (Å²) in [6, 6.07) is 16.7. The van der Waals surface area contributed by atoms with Crippen LogP contribution in [0.1, 0.15) is 36.8 Å². The number of methoxy groups -OCH3 is 1. The lowest BCUT2D eigenvalue weighted by Gasteiger charge is -2.48. The van der Waals surface area contributed by atoms with Crippen molar-refractivity contribution in [2.45, 2.75) is 50.4 Å². The van der Waals surface area contributed by atoms with Gasteiger partial charge in [0.1, 0.15) is 0 Å². The van der Waals surface area contributed by atoms with E-state index in [-0.39, 0.29) is 29.2 Å². The fourth-order valence-corrected chi connectivity index (χ4v) is 7.51. The van der Waals surface area contributed by atoms with E-state index in [4.69, 9.17) is 32.9 Å². The van der Waals surface area contributed by atoms with Crippen LogP contribution in [0.3, 0.4) is 0 Å². The van der Waals surface area contributed by atoms with Gasteiger partial charge in [0.25, 0.3) is 0 Å². The normalized spacial score (nSPS) is 18.3. The minimum atomic E-state index is -0.454. The first-order valence-corrected chi connectivity index (χ1v) is 17.0. The molecule has 3 aliphatic rings. The van der Waals surface area contributed by atoms with Crippen LogP contribution in [0.2, 0.25) is 10.0 Å². The van der Waals surface area contributed by atoms with Crippen molar-refractivity contribution in [3.8, 4) is 28.3 Å². The molecule has 0 radical (unpaired) electrons. The molecule has 0 bridgehead atoms. The summed E-state index contributed by atoms with van der Waals surface area (Å²) >= 11 is 14.0. The number of hydrogen-bond acceptors (Lipinski definition) is 8. The van der Waals surface area contributed by atoms with Crippen molar-refractivity contribution < 1.29 is 18.7 Å². The van der Waals surface area contributed by atoms with E-state index >= 15 is 4.39 Å². The monoisotopic (exact) mass is 703 g/mol. The largest absolute Gasteiger partial charge is 0.481 e. The summed E-state index contributed by atoms with van der Waals surface area (Å²) in [6.07, 6.45) is 4.31. The Hall–Kier alpha value is -4.29. The first-order valence-electron chi connectivity index (χ1n) is 16.3. The average Bonchev–Trinajstić information content (AvgIpc) is 3.69. The van der Waals surface area contributed by atoms with Gasteiger partial charge in [0, 0.05) is 85.6 Å². The number of anilines is 2. The predicted molar refractivity (Wildman–Crippen MR) is 187 cm³/mol. The Morgan fingerprint density at radius 1 is 0.980 bits per heavy atom. The number of benzene rings is 2. The number of pyridine rings is 2. The van der Waals surface area contributed by atoms with Crippen LogP contribution in [-0.4, -0.2) is 65.0 Å². The van der Waals surface area contributed by atoms with Crippen LogP contribution in [-0.2, 0) is 22.7 Å². The van der Waals surface area contributed by atoms with Crippen LogP contribution >= 0.6 is 23.2 Å². The molecule has 2 aromatic heterocycles. The molecule has 3 saturated heterocycles. The highest BCUT2D eigenvalue weighted by molar-refractivity contribution is 6.39. The second-order valence-electron chi connectivity index (χ2n) is 12.9. The van der Waals surface area contributed by atoms with Crippen LogP contribution < -0.4 is 26.0 Å². The molecule has 254 valence electrons. The molecule has 4 aromatic rings. The Kier molecular flexibility index (Phi) is 9.43. The van der Waals surface area contributed by atoms with E-state index in [2.05, 4.69) is 31.2 Å². The molecule has 5 heterocycles. The zero-order valence-corrected chi connectivity index (χ0v) is 28.4. The van der Waals surface area contributed by atoms with Gasteiger partial charge in [-0.2, -0.15) is 0 Å². The molecule has 13 heteroatoms. The van der Waals surface area contributed by atoms with Crippen LogP contribution in [0.25, 0.3) is 22.4 Å². The highest BCUT2D eigenvalue weighted by atomic mass is 35.5. The van der Waals surface area contributed by atoms with Gasteiger partial charge < -0.3 is 26.0 Å². The molecule has 1 atom stereocenters. The summed E-state index contributed by atoms with van der Waals surface area (Å²) in [5, 5.41) is 13.3. The third-order valence-corrected chi connectivity index (χ3v) is 10.2. The Morgan fingerprint density at radius 3 is 2.49 bits per heavy atom. The van der Waals surface area contributed by atoms with Crippen molar-refractivity contribution in [3.05, 3.63) is 87.8 Å². The lowest BCUT2D eigenvalue weighted by Crippen LogP contribution is -2.66. The van der Waals surface area contributed by atoms with Gasteiger partial charge in [0.2, 0.25) is 17.7 Å². The van der Waals surface area contributed by atoms with Gasteiger partial charge in [0.15, 0.2) is 11.6 Å². The minimum Gasteiger partial charge on any atom is -0.481 e. The SMILES string of the molecule is COc1nc(-c2cccc(-c3cccc(Nc4nccc(CN5CC6(CCC(=O)N6)C5)c4F)c3Cl)c2Cl)ccc1CNC[C@@H]1CCC(=O)N1. The molecule has 7 rings (SSSR count). The van der Waals surface area contributed by atoms with Gasteiger partial charge in [-0.3, -0.25) is 14.5 Å². The number of ether oxygens (including phenoxy) is 1. The number of rotatable bonds is 11. The van der Waals surface area contributed by atoms with E-state index in [1.807, 2.05) is 42.5 Å². The summed E-state index contributed by atoms with van der Waals surface area (Å²) in [7, 11) is 1.58. The zero-order chi connectivity index (χ0) is 34.1. The molecule has 2 amide bonds. The number of nitrogens with one attached hydrogen (secondary N) is 4. The predicted octanol–water partition coefficient (Wildman–Crippen LogP) is 5.84. The van der Waals surface area contributed by atoms with Gasteiger partial charge in [-0.25, -0.2) is 14.4 Å². The fourth-order valence-electron chi connectivity index (χ4n) is 6.91. The fraction of sp³-hybridized carbons (Fsp3) is 0.333. The molecule has 10 nitrogen and oxygen atoms in total. The van der Waals surface area contributed by atoms with Gasteiger partial charge in [0.05, 0.1) is 34.1 Å². The zero-order valence-electron chi connectivity index (χ0n) is 26.9. The third-order valence-electron chi connectivity index (χ3n) is 9.39. The number of carbonyl (C=O) groups is 2. The second-order valence-corrected chi connectivity index (χ2v) is 13.6. The summed E-state index contributed by atoms with van der Waals surface area (Å²) in [5.41, 5.74) is 4.37. The molecular formula is C36H36Cl2FN7O3. The van der Waals surface area contributed by atoms with Crippen LogP contribution in [0.15, 0.2) is 60.8 Å². The standard InChI is InChI=1S/C36H36Cl2FN7O3/c1-49-35-21(16-40-17-23-9-11-29(47)42-23)8-10-27(44-35)26-6-2-4-24(31(26)37)25-5-3-7-28(32(25)38)43-34-33(39)22(13-15-41-34)18-46-19-36(20-46)14-12-30(48)45-36/h2-8,10,13,15,23,40H,9,11-12,14,16-20H2,1H3,(H,41,43)(H,42,47)(H,45,48)/t23-/m0/s1. The number of aromatic nitrogens is 2. The Labute approximate surface area is 293 Å². The van der Waals surface area contributed by atoms with Gasteiger partial charge in [-0.15, -0.1) is 0 Å². The average molecular weight is 705 g/mol. The Morgan fingerprint density at radius 2 is 1.76 bits per heavy atom. The molecule has 3 aliphatic heterocycles. The minimum absolute atomic E-state index is 0.0691. The van der Waals surface area contributed by atoms with E-state index in [1.165, 1.54) is 0 Å². The summed E-state index contributed by atoms with van der Waals surface area (Å²) in [6.45, 7) is 3.00. The summed E-state index contributed by atoms with van der Waals surface area (Å²) < 4.78 is 21.3. The smallest absolute Gasteiger partial charge is 0.220 e. The van der Waals surface area contributed by atoms with E-state index in [1.54, 1.807) is 25.4 Å². The van der Waals surface area contributed by atoms with E-state index in [0.29, 0.717) is 95.1 Å². The molecule has 2 aromatic carbocycles. The van der Waals surface area contributed by atoms with Crippen molar-refractivity contribution in [1.29, 1.82) is 0 Å². The van der Waals surface area contributed by atoms with Crippen LogP contribution in [0.5, 0.6) is 5.88 Å². The maximum Gasteiger partial charge on any atom is 0.220 e. The highest BCUT2D eigenvalue weighted by Crippen LogP contribution is 2.42. The number of hydrogen-bond donors (Lipinski definition) is 4. The van der Waals surface area contributed by atoms with Gasteiger partial charge in [-0.1, -0.05) is 59.6 Å². The molecule has 1 spiro atoms. The Balaban J connectivity index is 1.07. The number of carbonyl (C=O) groups excluding carboxylic acids is 2. The summed E-state index contributed by atoms with van der Waals surface area (Å²) in [5.74, 6) is 0.256. The lowest BCUT2D eigenvalue weighted by atomic mass is 9.88. The third kappa shape index (κ3) is 6.94.